The second-order valence-electron chi connectivity index (χ2n) is 5.96. The van der Waals surface area contributed by atoms with Gasteiger partial charge in [0.2, 0.25) is 0 Å². The zero-order valence-electron chi connectivity index (χ0n) is 12.9. The van der Waals surface area contributed by atoms with Crippen LogP contribution >= 0.6 is 0 Å². The predicted molar refractivity (Wildman–Crippen MR) is 88.0 cm³/mol. The van der Waals surface area contributed by atoms with E-state index in [1.54, 1.807) is 24.4 Å². The first kappa shape index (κ1) is 16.6. The number of sulfone groups is 1. The molecule has 1 saturated heterocycles. The lowest BCUT2D eigenvalue weighted by Gasteiger charge is -2.11. The third kappa shape index (κ3) is 4.17. The van der Waals surface area contributed by atoms with Gasteiger partial charge in [-0.05, 0) is 42.2 Å². The monoisotopic (exact) mass is 348 g/mol. The number of benzene rings is 1. The molecule has 0 saturated carbocycles. The third-order valence-corrected chi connectivity index (χ3v) is 5.71. The van der Waals surface area contributed by atoms with E-state index >= 15 is 0 Å². The molecule has 1 amide bonds. The predicted octanol–water partition coefficient (Wildman–Crippen LogP) is 1.73. The number of aromatic nitrogens is 1. The molecule has 1 aliphatic heterocycles. The molecule has 3 rings (SSSR count). The number of amides is 1. The van der Waals surface area contributed by atoms with E-state index in [2.05, 4.69) is 10.3 Å². The molecule has 2 heterocycles. The molecule has 1 aromatic heterocycles. The smallest absolute Gasteiger partial charge is 0.253 e. The van der Waals surface area contributed by atoms with Gasteiger partial charge in [-0.1, -0.05) is 12.1 Å². The highest BCUT2D eigenvalue weighted by molar-refractivity contribution is 7.91. The first-order chi connectivity index (χ1) is 11.4. The number of nitrogens with zero attached hydrogens (tertiary/aromatic N) is 1. The Morgan fingerprint density at radius 3 is 2.62 bits per heavy atom. The number of carbonyl (C=O) groups is 1. The van der Waals surface area contributed by atoms with Crippen molar-refractivity contribution >= 4 is 15.7 Å². The molecule has 0 aliphatic carbocycles. The van der Waals surface area contributed by atoms with Gasteiger partial charge in [-0.2, -0.15) is 0 Å². The van der Waals surface area contributed by atoms with Crippen molar-refractivity contribution in [1.82, 2.24) is 10.3 Å². The lowest BCUT2D eigenvalue weighted by molar-refractivity contribution is 0.0940. The summed E-state index contributed by atoms with van der Waals surface area (Å²) in [7, 11) is -3.04. The molecule has 1 aromatic carbocycles. The summed E-state index contributed by atoms with van der Waals surface area (Å²) in [4.78, 5) is 16.3. The van der Waals surface area contributed by atoms with Crippen LogP contribution in [-0.2, 0) is 16.3 Å². The Morgan fingerprint density at radius 1 is 1.21 bits per heavy atom. The number of pyridine rings is 1. The fourth-order valence-corrected chi connectivity index (χ4v) is 4.40. The van der Waals surface area contributed by atoms with Gasteiger partial charge in [-0.3, -0.25) is 9.78 Å². The van der Waals surface area contributed by atoms with Gasteiger partial charge in [0.25, 0.3) is 5.91 Å². The van der Waals surface area contributed by atoms with Crippen molar-refractivity contribution < 1.29 is 17.6 Å². The number of rotatable bonds is 4. The molecule has 126 valence electrons. The first-order valence-corrected chi connectivity index (χ1v) is 9.43. The van der Waals surface area contributed by atoms with Crippen molar-refractivity contribution in [2.24, 2.45) is 0 Å². The Kier molecular flexibility index (Phi) is 4.62. The summed E-state index contributed by atoms with van der Waals surface area (Å²) in [6.45, 7) is 0. The van der Waals surface area contributed by atoms with Gasteiger partial charge >= 0.3 is 0 Å². The van der Waals surface area contributed by atoms with Crippen molar-refractivity contribution in [3.8, 4) is 0 Å². The van der Waals surface area contributed by atoms with Crippen LogP contribution in [0.3, 0.4) is 0 Å². The van der Waals surface area contributed by atoms with E-state index < -0.39 is 9.84 Å². The van der Waals surface area contributed by atoms with Crippen molar-refractivity contribution in [2.45, 2.75) is 18.9 Å². The Morgan fingerprint density at radius 2 is 1.96 bits per heavy atom. The molecule has 1 atom stereocenters. The Hall–Kier alpha value is -2.28. The highest BCUT2D eigenvalue weighted by Gasteiger charge is 2.29. The maximum atomic E-state index is 12.9. The number of nitrogens with one attached hydrogen (secondary N) is 1. The molecule has 24 heavy (non-hydrogen) atoms. The van der Waals surface area contributed by atoms with E-state index in [9.17, 15) is 17.6 Å². The maximum Gasteiger partial charge on any atom is 0.253 e. The van der Waals surface area contributed by atoms with Crippen LogP contribution in [0.25, 0.3) is 0 Å². The minimum absolute atomic E-state index is 0.0125. The molecular formula is C17H17FN2O3S. The summed E-state index contributed by atoms with van der Waals surface area (Å²) in [5, 5.41) is 2.74. The van der Waals surface area contributed by atoms with Crippen LogP contribution in [0.5, 0.6) is 0 Å². The molecular weight excluding hydrogens is 331 g/mol. The van der Waals surface area contributed by atoms with Crippen molar-refractivity contribution in [2.75, 3.05) is 11.5 Å². The van der Waals surface area contributed by atoms with Gasteiger partial charge < -0.3 is 5.32 Å². The quantitative estimate of drug-likeness (QED) is 0.913. The summed E-state index contributed by atoms with van der Waals surface area (Å²) in [5.74, 6) is -0.524. The van der Waals surface area contributed by atoms with E-state index in [1.807, 2.05) is 0 Å². The Labute approximate surface area is 139 Å². The van der Waals surface area contributed by atoms with E-state index in [4.69, 9.17) is 0 Å². The average molecular weight is 348 g/mol. The van der Waals surface area contributed by atoms with Crippen LogP contribution < -0.4 is 5.32 Å². The molecule has 1 N–H and O–H groups in total. The van der Waals surface area contributed by atoms with Gasteiger partial charge in [0.15, 0.2) is 9.84 Å². The van der Waals surface area contributed by atoms with Crippen molar-refractivity contribution in [3.63, 3.8) is 0 Å². The number of halogens is 1. The molecule has 1 fully saturated rings. The minimum Gasteiger partial charge on any atom is -0.348 e. The van der Waals surface area contributed by atoms with Crippen LogP contribution in [0.4, 0.5) is 4.39 Å². The molecule has 5 nitrogen and oxygen atoms in total. The van der Waals surface area contributed by atoms with Crippen molar-refractivity contribution in [1.29, 1.82) is 0 Å². The second kappa shape index (κ2) is 6.68. The van der Waals surface area contributed by atoms with Gasteiger partial charge in [0.1, 0.15) is 5.82 Å². The average Bonchev–Trinajstić information content (AvgIpc) is 2.88. The standard InChI is InChI=1S/C17H17FN2O3S/c18-15-3-1-12(2-4-15)7-13-8-14(10-19-9-13)17(21)20-16-5-6-24(22,23)11-16/h1-4,8-10,16H,5-7,11H2,(H,20,21)/t16-/m0/s1. The number of carbonyl (C=O) groups excluding carboxylic acids is 1. The highest BCUT2D eigenvalue weighted by Crippen LogP contribution is 2.14. The lowest BCUT2D eigenvalue weighted by Crippen LogP contribution is -2.35. The largest absolute Gasteiger partial charge is 0.348 e. The Bertz CT molecular complexity index is 850. The summed E-state index contributed by atoms with van der Waals surface area (Å²) in [6.07, 6.45) is 4.08. The summed E-state index contributed by atoms with van der Waals surface area (Å²) < 4.78 is 35.8. The molecule has 0 spiro atoms. The fraction of sp³-hybridized carbons (Fsp3) is 0.294. The highest BCUT2D eigenvalue weighted by atomic mass is 32.2. The molecule has 0 radical (unpaired) electrons. The zero-order chi connectivity index (χ0) is 17.2. The van der Waals surface area contributed by atoms with Crippen LogP contribution in [0.15, 0.2) is 42.7 Å². The van der Waals surface area contributed by atoms with Gasteiger partial charge in [0, 0.05) is 18.4 Å². The summed E-state index contributed by atoms with van der Waals surface area (Å²) >= 11 is 0. The van der Waals surface area contributed by atoms with Crippen LogP contribution in [-0.4, -0.2) is 36.9 Å². The Balaban J connectivity index is 1.68. The van der Waals surface area contributed by atoms with Gasteiger partial charge in [0.05, 0.1) is 17.1 Å². The molecule has 0 bridgehead atoms. The van der Waals surface area contributed by atoms with Crippen LogP contribution in [0.1, 0.15) is 27.9 Å². The number of hydrogen-bond acceptors (Lipinski definition) is 4. The van der Waals surface area contributed by atoms with E-state index in [-0.39, 0.29) is 29.3 Å². The minimum atomic E-state index is -3.04. The van der Waals surface area contributed by atoms with E-state index in [0.717, 1.165) is 11.1 Å². The van der Waals surface area contributed by atoms with Gasteiger partial charge in [-0.25, -0.2) is 12.8 Å². The molecule has 1 aliphatic rings. The molecule has 2 aromatic rings. The molecule has 0 unspecified atom stereocenters. The van der Waals surface area contributed by atoms with E-state index in [1.165, 1.54) is 18.3 Å². The zero-order valence-corrected chi connectivity index (χ0v) is 13.7. The summed E-state index contributed by atoms with van der Waals surface area (Å²) in [6, 6.07) is 7.52. The van der Waals surface area contributed by atoms with Gasteiger partial charge in [-0.15, -0.1) is 0 Å². The number of hydrogen-bond donors (Lipinski definition) is 1. The van der Waals surface area contributed by atoms with Crippen molar-refractivity contribution in [3.05, 3.63) is 65.2 Å². The van der Waals surface area contributed by atoms with Crippen LogP contribution in [0, 0.1) is 5.82 Å². The molecule has 7 heteroatoms. The lowest BCUT2D eigenvalue weighted by atomic mass is 10.0. The summed E-state index contributed by atoms with van der Waals surface area (Å²) in [5.41, 5.74) is 2.13. The SMILES string of the molecule is O=C(N[C@H]1CCS(=O)(=O)C1)c1cncc(Cc2ccc(F)cc2)c1. The topological polar surface area (TPSA) is 76.1 Å². The second-order valence-corrected chi connectivity index (χ2v) is 8.19. The van der Waals surface area contributed by atoms with Crippen LogP contribution in [0.2, 0.25) is 0 Å². The fourth-order valence-electron chi connectivity index (χ4n) is 2.72. The van der Waals surface area contributed by atoms with E-state index in [0.29, 0.717) is 18.4 Å². The third-order valence-electron chi connectivity index (χ3n) is 3.95. The first-order valence-electron chi connectivity index (χ1n) is 7.61. The normalized spacial score (nSPS) is 19.1. The maximum absolute atomic E-state index is 12.9.